The van der Waals surface area contributed by atoms with E-state index in [0.717, 1.165) is 56.0 Å². The second-order valence-corrected chi connectivity index (χ2v) is 15.9. The van der Waals surface area contributed by atoms with Crippen LogP contribution in [-0.2, 0) is 0 Å². The van der Waals surface area contributed by atoms with Crippen molar-refractivity contribution in [2.75, 3.05) is 0 Å². The predicted molar refractivity (Wildman–Crippen MR) is 251 cm³/mol. The van der Waals surface area contributed by atoms with Crippen LogP contribution in [0.15, 0.2) is 212 Å². The fraction of sp³-hybridized carbons (Fsp3) is 0.0351. The summed E-state index contributed by atoms with van der Waals surface area (Å²) in [5.74, 6) is 2.65. The molecule has 0 fully saturated rings. The highest BCUT2D eigenvalue weighted by atomic mass is 16.5. The van der Waals surface area contributed by atoms with E-state index in [4.69, 9.17) is 19.7 Å². The lowest BCUT2D eigenvalue weighted by Gasteiger charge is -2.22. The van der Waals surface area contributed by atoms with Crippen molar-refractivity contribution in [1.29, 1.82) is 0 Å². The summed E-state index contributed by atoms with van der Waals surface area (Å²) >= 11 is 0. The molecule has 0 radical (unpaired) electrons. The molecule has 0 saturated heterocycles. The first-order valence-electron chi connectivity index (χ1n) is 21.1. The zero-order chi connectivity index (χ0) is 41.0. The molecule has 0 spiro atoms. The quantitative estimate of drug-likeness (QED) is 0.161. The Kier molecular flexibility index (Phi) is 8.56. The topological polar surface area (TPSA) is 52.8 Å². The van der Waals surface area contributed by atoms with Crippen LogP contribution in [0.4, 0.5) is 0 Å². The van der Waals surface area contributed by atoms with E-state index < -0.39 is 0 Å². The van der Waals surface area contributed by atoms with Gasteiger partial charge in [-0.2, -0.15) is 0 Å². The number of aromatic nitrogens is 4. The molecule has 5 nitrogen and oxygen atoms in total. The van der Waals surface area contributed by atoms with Gasteiger partial charge >= 0.3 is 0 Å². The van der Waals surface area contributed by atoms with Crippen LogP contribution in [0.2, 0.25) is 0 Å². The predicted octanol–water partition coefficient (Wildman–Crippen LogP) is 14.1. The average molecular weight is 795 g/mol. The van der Waals surface area contributed by atoms with Crippen molar-refractivity contribution in [2.45, 2.75) is 12.0 Å². The van der Waals surface area contributed by atoms with Gasteiger partial charge in [-0.1, -0.05) is 182 Å². The zero-order valence-electron chi connectivity index (χ0n) is 33.6. The van der Waals surface area contributed by atoms with Gasteiger partial charge in [-0.15, -0.1) is 0 Å². The van der Waals surface area contributed by atoms with Gasteiger partial charge in [0.05, 0.1) is 16.8 Å². The number of nitrogens with zero attached hydrogens (tertiary/aromatic N) is 4. The van der Waals surface area contributed by atoms with E-state index in [0.29, 0.717) is 17.5 Å². The monoisotopic (exact) mass is 794 g/mol. The van der Waals surface area contributed by atoms with Crippen molar-refractivity contribution < 1.29 is 4.74 Å². The second kappa shape index (κ2) is 14.8. The number of hydrogen-bond donors (Lipinski definition) is 0. The minimum absolute atomic E-state index is 0.0244. The summed E-state index contributed by atoms with van der Waals surface area (Å²) in [5, 5.41) is 1.18. The van der Waals surface area contributed by atoms with Crippen LogP contribution < -0.4 is 4.74 Å². The van der Waals surface area contributed by atoms with Crippen LogP contribution in [0.3, 0.4) is 0 Å². The third-order valence-electron chi connectivity index (χ3n) is 12.3. The fourth-order valence-electron chi connectivity index (χ4n) is 9.25. The van der Waals surface area contributed by atoms with Gasteiger partial charge in [0.2, 0.25) is 0 Å². The highest BCUT2D eigenvalue weighted by molar-refractivity contribution is 5.92. The van der Waals surface area contributed by atoms with Crippen molar-refractivity contribution in [2.24, 2.45) is 0 Å². The van der Waals surface area contributed by atoms with E-state index in [1.54, 1.807) is 0 Å². The van der Waals surface area contributed by atoms with Crippen molar-refractivity contribution in [1.82, 2.24) is 19.5 Å². The first kappa shape index (κ1) is 35.8. The number of hydrogen-bond acceptors (Lipinski definition) is 4. The standard InChI is InChI=1S/C57H38N4O/c1-4-14-37(15-5-1)39-26-28-42(29-27-39)56-58-55(41-18-8-3-9-19-41)59-57(60-56)49-24-13-23-46-47-34-35-51-52(54(47)62-53(46)49)48-22-10-11-25-50(48)61(51)45-32-30-40(31-33-45)44-21-12-20-43(36-44)38-16-6-2-7-17-38/h1-36,47,54H. The molecule has 0 saturated carbocycles. The lowest BCUT2D eigenvalue weighted by atomic mass is 9.85. The van der Waals surface area contributed by atoms with Crippen LogP contribution in [0.25, 0.3) is 90.2 Å². The molecule has 2 unspecified atom stereocenters. The van der Waals surface area contributed by atoms with Crippen molar-refractivity contribution in [3.05, 3.63) is 229 Å². The van der Waals surface area contributed by atoms with Crippen molar-refractivity contribution >= 4 is 17.0 Å². The van der Waals surface area contributed by atoms with Crippen LogP contribution in [0, 0.1) is 0 Å². The third kappa shape index (κ3) is 6.13. The summed E-state index contributed by atoms with van der Waals surface area (Å²) in [7, 11) is 0. The van der Waals surface area contributed by atoms with Gasteiger partial charge < -0.3 is 9.30 Å². The maximum atomic E-state index is 7.20. The summed E-state index contributed by atoms with van der Waals surface area (Å²) in [6.07, 6.45) is 4.37. The Balaban J connectivity index is 0.920. The molecule has 2 atom stereocenters. The lowest BCUT2D eigenvalue weighted by Crippen LogP contribution is -2.13. The van der Waals surface area contributed by atoms with Gasteiger partial charge in [0.25, 0.3) is 0 Å². The molecular weight excluding hydrogens is 757 g/mol. The fourth-order valence-corrected chi connectivity index (χ4v) is 9.25. The minimum Gasteiger partial charge on any atom is -0.484 e. The third-order valence-corrected chi connectivity index (χ3v) is 12.3. The summed E-state index contributed by atoms with van der Waals surface area (Å²) < 4.78 is 9.57. The molecule has 0 amide bonds. The molecule has 1 aliphatic heterocycles. The first-order chi connectivity index (χ1) is 30.7. The molecule has 12 rings (SSSR count). The van der Waals surface area contributed by atoms with Crippen molar-refractivity contribution in [3.8, 4) is 79.0 Å². The Morgan fingerprint density at radius 2 is 0.919 bits per heavy atom. The SMILES string of the molecule is C1=CC2c3cccc(-c4nc(-c5ccccc5)nc(-c5ccc(-c6ccccc6)cc5)n4)c3OC2c2c1n(-c1ccc(-c3cccc(-c4ccccc4)c3)cc1)c1ccccc21. The molecule has 3 heterocycles. The summed E-state index contributed by atoms with van der Waals surface area (Å²) in [6.45, 7) is 0. The largest absolute Gasteiger partial charge is 0.484 e. The average Bonchev–Trinajstić information content (AvgIpc) is 3.91. The molecular formula is C57H38N4O. The van der Waals surface area contributed by atoms with E-state index in [1.165, 1.54) is 33.2 Å². The Morgan fingerprint density at radius 1 is 0.419 bits per heavy atom. The number of para-hydroxylation sites is 2. The van der Waals surface area contributed by atoms with Crippen molar-refractivity contribution in [3.63, 3.8) is 0 Å². The molecule has 8 aromatic carbocycles. The first-order valence-corrected chi connectivity index (χ1v) is 21.1. The number of ether oxygens (including phenoxy) is 1. The van der Waals surface area contributed by atoms with Crippen LogP contribution in [0.5, 0.6) is 5.75 Å². The van der Waals surface area contributed by atoms with E-state index in [-0.39, 0.29) is 12.0 Å². The molecule has 10 aromatic rings. The molecule has 292 valence electrons. The van der Waals surface area contributed by atoms with Gasteiger partial charge in [0, 0.05) is 39.2 Å². The Hall–Kier alpha value is -8.15. The van der Waals surface area contributed by atoms with Crippen LogP contribution in [-0.4, -0.2) is 19.5 Å². The lowest BCUT2D eigenvalue weighted by molar-refractivity contribution is 0.225. The van der Waals surface area contributed by atoms with E-state index in [9.17, 15) is 0 Å². The Labute approximate surface area is 360 Å². The molecule has 2 aromatic heterocycles. The number of rotatable bonds is 7. The van der Waals surface area contributed by atoms with Gasteiger partial charge in [0.1, 0.15) is 11.9 Å². The van der Waals surface area contributed by atoms with Crippen LogP contribution in [0.1, 0.15) is 28.8 Å². The van der Waals surface area contributed by atoms with Gasteiger partial charge in [-0.3, -0.25) is 0 Å². The molecule has 0 bridgehead atoms. The van der Waals surface area contributed by atoms with E-state index in [1.807, 2.05) is 36.4 Å². The maximum absolute atomic E-state index is 7.20. The van der Waals surface area contributed by atoms with Gasteiger partial charge in [-0.25, -0.2) is 15.0 Å². The van der Waals surface area contributed by atoms with Gasteiger partial charge in [0.15, 0.2) is 17.5 Å². The summed E-state index contributed by atoms with van der Waals surface area (Å²) in [6, 6.07) is 72.3. The Morgan fingerprint density at radius 3 is 1.61 bits per heavy atom. The molecule has 0 N–H and O–H groups in total. The molecule has 5 heteroatoms. The smallest absolute Gasteiger partial charge is 0.167 e. The number of fused-ring (bicyclic) bond motifs is 7. The molecule has 2 aliphatic rings. The molecule has 62 heavy (non-hydrogen) atoms. The van der Waals surface area contributed by atoms with Crippen LogP contribution >= 0.6 is 0 Å². The highest BCUT2D eigenvalue weighted by Gasteiger charge is 2.41. The normalized spacial score (nSPS) is 14.8. The second-order valence-electron chi connectivity index (χ2n) is 15.9. The summed E-state index contributed by atoms with van der Waals surface area (Å²) in [4.78, 5) is 15.3. The maximum Gasteiger partial charge on any atom is 0.167 e. The van der Waals surface area contributed by atoms with Gasteiger partial charge in [-0.05, 0) is 69.8 Å². The zero-order valence-corrected chi connectivity index (χ0v) is 33.6. The van der Waals surface area contributed by atoms with E-state index in [2.05, 4.69) is 187 Å². The minimum atomic E-state index is -0.224. The number of benzene rings is 8. The highest BCUT2D eigenvalue weighted by Crippen LogP contribution is 2.55. The molecule has 1 aliphatic carbocycles. The van der Waals surface area contributed by atoms with E-state index >= 15 is 0 Å². The summed E-state index contributed by atoms with van der Waals surface area (Å²) in [5.41, 5.74) is 15.5. The Bertz CT molecular complexity index is 3300.